The van der Waals surface area contributed by atoms with E-state index in [9.17, 15) is 14.7 Å². The van der Waals surface area contributed by atoms with E-state index in [1.54, 1.807) is 0 Å². The second kappa shape index (κ2) is 9.00. The normalized spacial score (nSPS) is 34.7. The number of amides is 2. The first-order valence-corrected chi connectivity index (χ1v) is 11.2. The number of aliphatic hydroxyl groups is 1. The van der Waals surface area contributed by atoms with Gasteiger partial charge in [-0.15, -0.1) is 0 Å². The number of aliphatic hydroxyl groups excluding tert-OH is 1. The van der Waals surface area contributed by atoms with Gasteiger partial charge in [-0.25, -0.2) is 9.97 Å². The molecular weight excluding hydrogens is 380 g/mol. The van der Waals surface area contributed by atoms with Crippen LogP contribution in [0.1, 0.15) is 70.7 Å². The SMILES string of the molecule is CC(C)NC(=O)[C@@H](C)[C@H]1CC[C@]2(C)CC[C@H](NC(=O)c3cncnc3)[C@H](C)[C@@H]2[C@H]1O. The number of carbonyl (C=O) groups is 2. The largest absolute Gasteiger partial charge is 0.392 e. The fourth-order valence-electron chi connectivity index (χ4n) is 5.78. The van der Waals surface area contributed by atoms with Crippen molar-refractivity contribution in [3.8, 4) is 0 Å². The van der Waals surface area contributed by atoms with Crippen LogP contribution in [0.5, 0.6) is 0 Å². The molecule has 1 aromatic rings. The zero-order valence-corrected chi connectivity index (χ0v) is 18.8. The quantitative estimate of drug-likeness (QED) is 0.684. The molecule has 7 heteroatoms. The predicted octanol–water partition coefficient (Wildman–Crippen LogP) is 2.56. The lowest BCUT2D eigenvalue weighted by molar-refractivity contribution is -0.142. The Balaban J connectivity index is 1.74. The molecule has 2 saturated carbocycles. The van der Waals surface area contributed by atoms with Gasteiger partial charge >= 0.3 is 0 Å². The highest BCUT2D eigenvalue weighted by molar-refractivity contribution is 5.93. The summed E-state index contributed by atoms with van der Waals surface area (Å²) in [6, 6.07) is 0.0603. The van der Waals surface area contributed by atoms with Crippen molar-refractivity contribution in [3.63, 3.8) is 0 Å². The van der Waals surface area contributed by atoms with Crippen molar-refractivity contribution < 1.29 is 14.7 Å². The van der Waals surface area contributed by atoms with E-state index in [1.165, 1.54) is 18.7 Å². The molecule has 1 aromatic heterocycles. The fourth-order valence-corrected chi connectivity index (χ4v) is 5.78. The van der Waals surface area contributed by atoms with Gasteiger partial charge < -0.3 is 15.7 Å². The molecule has 166 valence electrons. The van der Waals surface area contributed by atoms with E-state index in [4.69, 9.17) is 0 Å². The van der Waals surface area contributed by atoms with Gasteiger partial charge in [0.2, 0.25) is 5.91 Å². The van der Waals surface area contributed by atoms with Crippen molar-refractivity contribution in [2.75, 3.05) is 0 Å². The molecule has 0 spiro atoms. The third-order valence-electron chi connectivity index (χ3n) is 7.51. The summed E-state index contributed by atoms with van der Waals surface area (Å²) >= 11 is 0. The van der Waals surface area contributed by atoms with Gasteiger partial charge in [0, 0.05) is 30.4 Å². The summed E-state index contributed by atoms with van der Waals surface area (Å²) in [4.78, 5) is 33.1. The lowest BCUT2D eigenvalue weighted by Gasteiger charge is -2.56. The Labute approximate surface area is 179 Å². The van der Waals surface area contributed by atoms with Crippen molar-refractivity contribution >= 4 is 11.8 Å². The number of fused-ring (bicyclic) bond motifs is 1. The maximum atomic E-state index is 12.6. The lowest BCUT2D eigenvalue weighted by Crippen LogP contribution is -2.58. The second-order valence-electron chi connectivity index (χ2n) is 9.93. The Morgan fingerprint density at radius 3 is 2.43 bits per heavy atom. The zero-order chi connectivity index (χ0) is 22.1. The lowest BCUT2D eigenvalue weighted by atomic mass is 9.51. The van der Waals surface area contributed by atoms with Crippen LogP contribution < -0.4 is 10.6 Å². The molecular formula is C23H36N4O3. The molecule has 2 fully saturated rings. The number of carbonyl (C=O) groups excluding carboxylic acids is 2. The summed E-state index contributed by atoms with van der Waals surface area (Å²) in [5.74, 6) is -0.332. The summed E-state index contributed by atoms with van der Waals surface area (Å²) < 4.78 is 0. The predicted molar refractivity (Wildman–Crippen MR) is 114 cm³/mol. The molecule has 1 heterocycles. The Morgan fingerprint density at radius 1 is 1.17 bits per heavy atom. The molecule has 2 aliphatic carbocycles. The maximum Gasteiger partial charge on any atom is 0.254 e. The number of nitrogens with one attached hydrogen (secondary N) is 2. The Hall–Kier alpha value is -2.02. The van der Waals surface area contributed by atoms with Gasteiger partial charge in [-0.1, -0.05) is 20.8 Å². The standard InChI is InChI=1S/C23H36N4O3/c1-13(2)26-21(29)14(3)17-6-8-23(5)9-7-18(15(4)19(23)20(17)28)27-22(30)16-10-24-12-25-11-16/h10-15,17-20,28H,6-9H2,1-5H3,(H,26,29)(H,27,30)/t14-,15-,17+,18-,19+,20-,23+/m0/s1. The molecule has 7 nitrogen and oxygen atoms in total. The Bertz CT molecular complexity index is 756. The highest BCUT2D eigenvalue weighted by atomic mass is 16.3. The number of nitrogens with zero attached hydrogens (tertiary/aromatic N) is 2. The number of aromatic nitrogens is 2. The van der Waals surface area contributed by atoms with Crippen molar-refractivity contribution in [1.82, 2.24) is 20.6 Å². The molecule has 3 rings (SSSR count). The van der Waals surface area contributed by atoms with Crippen LogP contribution in [0.15, 0.2) is 18.7 Å². The first-order chi connectivity index (χ1) is 14.1. The molecule has 0 bridgehead atoms. The van der Waals surface area contributed by atoms with Gasteiger partial charge in [-0.2, -0.15) is 0 Å². The van der Waals surface area contributed by atoms with Gasteiger partial charge in [-0.3, -0.25) is 9.59 Å². The van der Waals surface area contributed by atoms with Gasteiger partial charge in [0.25, 0.3) is 5.91 Å². The number of rotatable bonds is 5. The van der Waals surface area contributed by atoms with Crippen LogP contribution in [0.3, 0.4) is 0 Å². The van der Waals surface area contributed by atoms with Crippen LogP contribution in [0.4, 0.5) is 0 Å². The minimum atomic E-state index is -0.563. The minimum absolute atomic E-state index is 0.00930. The molecule has 0 aromatic carbocycles. The van der Waals surface area contributed by atoms with Crippen LogP contribution in [0.2, 0.25) is 0 Å². The van der Waals surface area contributed by atoms with Crippen LogP contribution in [-0.4, -0.2) is 45.1 Å². The van der Waals surface area contributed by atoms with Crippen molar-refractivity contribution in [1.29, 1.82) is 0 Å². The molecule has 0 aliphatic heterocycles. The van der Waals surface area contributed by atoms with Crippen LogP contribution >= 0.6 is 0 Å². The molecule has 0 unspecified atom stereocenters. The fraction of sp³-hybridized carbons (Fsp3) is 0.739. The van der Waals surface area contributed by atoms with Crippen LogP contribution in [0, 0.1) is 29.1 Å². The molecule has 3 N–H and O–H groups in total. The highest BCUT2D eigenvalue weighted by Gasteiger charge is 2.53. The molecule has 2 amide bonds. The van der Waals surface area contributed by atoms with Gasteiger partial charge in [-0.05, 0) is 62.7 Å². The van der Waals surface area contributed by atoms with Crippen LogP contribution in [0.25, 0.3) is 0 Å². The van der Waals surface area contributed by atoms with E-state index < -0.39 is 6.10 Å². The zero-order valence-electron chi connectivity index (χ0n) is 18.8. The second-order valence-corrected chi connectivity index (χ2v) is 9.93. The summed E-state index contributed by atoms with van der Waals surface area (Å²) in [5.41, 5.74) is 0.472. The monoisotopic (exact) mass is 416 g/mol. The summed E-state index contributed by atoms with van der Waals surface area (Å²) in [7, 11) is 0. The molecule has 30 heavy (non-hydrogen) atoms. The first kappa shape index (κ1) is 22.7. The van der Waals surface area contributed by atoms with Crippen molar-refractivity contribution in [2.24, 2.45) is 29.1 Å². The third kappa shape index (κ3) is 4.51. The average molecular weight is 417 g/mol. The number of hydrogen-bond donors (Lipinski definition) is 3. The van der Waals surface area contributed by atoms with Crippen molar-refractivity contribution in [2.45, 2.75) is 78.5 Å². The van der Waals surface area contributed by atoms with E-state index in [-0.39, 0.29) is 53.0 Å². The minimum Gasteiger partial charge on any atom is -0.392 e. The molecule has 0 radical (unpaired) electrons. The maximum absolute atomic E-state index is 12.6. The summed E-state index contributed by atoms with van der Waals surface area (Å²) in [6.45, 7) is 10.2. The number of hydrogen-bond acceptors (Lipinski definition) is 5. The van der Waals surface area contributed by atoms with Gasteiger partial charge in [0.1, 0.15) is 6.33 Å². The summed E-state index contributed by atoms with van der Waals surface area (Å²) in [6.07, 6.45) is 7.55. The van der Waals surface area contributed by atoms with E-state index in [1.807, 2.05) is 20.8 Å². The van der Waals surface area contributed by atoms with E-state index in [0.717, 1.165) is 25.7 Å². The molecule has 0 saturated heterocycles. The van der Waals surface area contributed by atoms with Gasteiger partial charge in [0.05, 0.1) is 11.7 Å². The third-order valence-corrected chi connectivity index (χ3v) is 7.51. The average Bonchev–Trinajstić information content (AvgIpc) is 2.70. The van der Waals surface area contributed by atoms with Crippen LogP contribution in [-0.2, 0) is 4.79 Å². The topological polar surface area (TPSA) is 104 Å². The van der Waals surface area contributed by atoms with Gasteiger partial charge in [0.15, 0.2) is 0 Å². The smallest absolute Gasteiger partial charge is 0.254 e. The van der Waals surface area contributed by atoms with E-state index >= 15 is 0 Å². The van der Waals surface area contributed by atoms with E-state index in [0.29, 0.717) is 5.56 Å². The van der Waals surface area contributed by atoms with Crippen molar-refractivity contribution in [3.05, 3.63) is 24.3 Å². The Morgan fingerprint density at radius 2 is 1.80 bits per heavy atom. The molecule has 2 aliphatic rings. The summed E-state index contributed by atoms with van der Waals surface area (Å²) in [5, 5.41) is 17.5. The van der Waals surface area contributed by atoms with E-state index in [2.05, 4.69) is 34.4 Å². The first-order valence-electron chi connectivity index (χ1n) is 11.2. The Kier molecular flexibility index (Phi) is 6.80. The highest BCUT2D eigenvalue weighted by Crippen LogP contribution is 2.55. The molecule has 7 atom stereocenters.